The number of benzene rings is 2. The Morgan fingerprint density at radius 2 is 1.93 bits per heavy atom. The van der Waals surface area contributed by atoms with E-state index in [2.05, 4.69) is 12.2 Å². The number of fused-ring (bicyclic) bond motifs is 1. The first kappa shape index (κ1) is 19.9. The molecule has 1 amide bonds. The number of anilines is 1. The Bertz CT molecular complexity index is 855. The summed E-state index contributed by atoms with van der Waals surface area (Å²) in [6.07, 6.45) is 2.29. The summed E-state index contributed by atoms with van der Waals surface area (Å²) in [6, 6.07) is 13.2. The lowest BCUT2D eigenvalue weighted by Crippen LogP contribution is -2.35. The van der Waals surface area contributed by atoms with Crippen molar-refractivity contribution in [2.24, 2.45) is 0 Å². The Morgan fingerprint density at radius 3 is 2.64 bits per heavy atom. The molecular weight excluding hydrogens is 354 g/mol. The standard InChI is InChI=1S/C23H27NO4/c1-4-16-7-10-18(11-8-16)27-13-5-6-22(26)24-17-9-12-21-19(14-17)20(25)15-23(2,3)28-21/h7-12,14H,4-6,13,15H2,1-3H3,(H,24,26). The summed E-state index contributed by atoms with van der Waals surface area (Å²) in [5.74, 6) is 1.31. The van der Waals surface area contributed by atoms with Gasteiger partial charge in [-0.2, -0.15) is 0 Å². The fourth-order valence-corrected chi connectivity index (χ4v) is 3.20. The second kappa shape index (κ2) is 8.46. The van der Waals surface area contributed by atoms with Gasteiger partial charge in [0.05, 0.1) is 18.6 Å². The van der Waals surface area contributed by atoms with Crippen molar-refractivity contribution in [2.75, 3.05) is 11.9 Å². The van der Waals surface area contributed by atoms with Crippen LogP contribution >= 0.6 is 0 Å². The van der Waals surface area contributed by atoms with Gasteiger partial charge in [0.15, 0.2) is 5.78 Å². The van der Waals surface area contributed by atoms with E-state index in [1.54, 1.807) is 18.2 Å². The molecule has 5 nitrogen and oxygen atoms in total. The normalized spacial score (nSPS) is 14.8. The highest BCUT2D eigenvalue weighted by molar-refractivity contribution is 6.02. The predicted octanol–water partition coefficient (Wildman–Crippen LogP) is 4.79. The molecule has 1 N–H and O–H groups in total. The second-order valence-electron chi connectivity index (χ2n) is 7.67. The monoisotopic (exact) mass is 381 g/mol. The zero-order valence-electron chi connectivity index (χ0n) is 16.7. The van der Waals surface area contributed by atoms with E-state index in [4.69, 9.17) is 9.47 Å². The number of ketones is 1. The first-order valence-electron chi connectivity index (χ1n) is 9.74. The largest absolute Gasteiger partial charge is 0.494 e. The van der Waals surface area contributed by atoms with Crippen molar-refractivity contribution in [1.82, 2.24) is 0 Å². The third-order valence-corrected chi connectivity index (χ3v) is 4.68. The van der Waals surface area contributed by atoms with Crippen LogP contribution in [0.3, 0.4) is 0 Å². The highest BCUT2D eigenvalue weighted by Crippen LogP contribution is 2.34. The molecule has 1 heterocycles. The topological polar surface area (TPSA) is 64.6 Å². The predicted molar refractivity (Wildman–Crippen MR) is 109 cm³/mol. The SMILES string of the molecule is CCc1ccc(OCCCC(=O)Nc2ccc3c(c2)C(=O)CC(C)(C)O3)cc1. The smallest absolute Gasteiger partial charge is 0.224 e. The van der Waals surface area contributed by atoms with Gasteiger partial charge in [-0.1, -0.05) is 19.1 Å². The fraction of sp³-hybridized carbons (Fsp3) is 0.391. The van der Waals surface area contributed by atoms with Crippen molar-refractivity contribution in [2.45, 2.75) is 52.1 Å². The van der Waals surface area contributed by atoms with E-state index in [0.717, 1.165) is 12.2 Å². The van der Waals surface area contributed by atoms with Crippen LogP contribution in [0.15, 0.2) is 42.5 Å². The van der Waals surface area contributed by atoms with Gasteiger partial charge in [-0.25, -0.2) is 0 Å². The molecular formula is C23H27NO4. The van der Waals surface area contributed by atoms with Crippen molar-refractivity contribution in [3.8, 4) is 11.5 Å². The Labute approximate surface area is 166 Å². The molecule has 3 rings (SSSR count). The van der Waals surface area contributed by atoms with Crippen LogP contribution in [0, 0.1) is 0 Å². The molecule has 148 valence electrons. The summed E-state index contributed by atoms with van der Waals surface area (Å²) in [4.78, 5) is 24.5. The molecule has 0 saturated heterocycles. The van der Waals surface area contributed by atoms with Crippen molar-refractivity contribution >= 4 is 17.4 Å². The maximum Gasteiger partial charge on any atom is 0.224 e. The molecule has 0 bridgehead atoms. The maximum atomic E-state index is 12.3. The lowest BCUT2D eigenvalue weighted by molar-refractivity contribution is -0.116. The lowest BCUT2D eigenvalue weighted by Gasteiger charge is -2.31. The second-order valence-corrected chi connectivity index (χ2v) is 7.67. The Kier molecular flexibility index (Phi) is 6.02. The lowest BCUT2D eigenvalue weighted by atomic mass is 9.93. The summed E-state index contributed by atoms with van der Waals surface area (Å²) in [5, 5.41) is 2.84. The van der Waals surface area contributed by atoms with E-state index in [1.165, 1.54) is 5.56 Å². The van der Waals surface area contributed by atoms with Crippen molar-refractivity contribution < 1.29 is 19.1 Å². The summed E-state index contributed by atoms with van der Waals surface area (Å²) >= 11 is 0. The molecule has 0 aliphatic carbocycles. The van der Waals surface area contributed by atoms with E-state index in [9.17, 15) is 9.59 Å². The van der Waals surface area contributed by atoms with Gasteiger partial charge in [0, 0.05) is 12.1 Å². The minimum absolute atomic E-state index is 0.0323. The first-order chi connectivity index (χ1) is 13.4. The molecule has 0 atom stereocenters. The minimum Gasteiger partial charge on any atom is -0.494 e. The zero-order valence-corrected chi connectivity index (χ0v) is 16.7. The van der Waals surface area contributed by atoms with Crippen LogP contribution in [0.4, 0.5) is 5.69 Å². The van der Waals surface area contributed by atoms with Crippen LogP contribution in [-0.4, -0.2) is 23.9 Å². The molecule has 0 radical (unpaired) electrons. The Balaban J connectivity index is 1.47. The average Bonchev–Trinajstić information content (AvgIpc) is 2.65. The van der Waals surface area contributed by atoms with Crippen LogP contribution in [0.1, 0.15) is 56.0 Å². The molecule has 28 heavy (non-hydrogen) atoms. The van der Waals surface area contributed by atoms with Gasteiger partial charge in [0.2, 0.25) is 5.91 Å². The number of nitrogens with one attached hydrogen (secondary N) is 1. The number of hydrogen-bond donors (Lipinski definition) is 1. The summed E-state index contributed by atoms with van der Waals surface area (Å²) < 4.78 is 11.5. The Morgan fingerprint density at radius 1 is 1.18 bits per heavy atom. The van der Waals surface area contributed by atoms with E-state index in [-0.39, 0.29) is 11.7 Å². The molecule has 0 unspecified atom stereocenters. The number of aryl methyl sites for hydroxylation is 1. The molecule has 5 heteroatoms. The third-order valence-electron chi connectivity index (χ3n) is 4.68. The van der Waals surface area contributed by atoms with Crippen LogP contribution in [0.2, 0.25) is 0 Å². The van der Waals surface area contributed by atoms with Gasteiger partial charge in [0.25, 0.3) is 0 Å². The van der Waals surface area contributed by atoms with Gasteiger partial charge in [-0.3, -0.25) is 9.59 Å². The van der Waals surface area contributed by atoms with Gasteiger partial charge < -0.3 is 14.8 Å². The molecule has 0 saturated carbocycles. The van der Waals surface area contributed by atoms with Gasteiger partial charge in [-0.05, 0) is 62.6 Å². The van der Waals surface area contributed by atoms with Crippen LogP contribution < -0.4 is 14.8 Å². The Hall–Kier alpha value is -2.82. The fourth-order valence-electron chi connectivity index (χ4n) is 3.20. The molecule has 2 aromatic rings. The number of rotatable bonds is 7. The van der Waals surface area contributed by atoms with Crippen molar-refractivity contribution in [1.29, 1.82) is 0 Å². The highest BCUT2D eigenvalue weighted by Gasteiger charge is 2.32. The van der Waals surface area contributed by atoms with Crippen molar-refractivity contribution in [3.63, 3.8) is 0 Å². The molecule has 1 aliphatic heterocycles. The van der Waals surface area contributed by atoms with Crippen LogP contribution in [-0.2, 0) is 11.2 Å². The minimum atomic E-state index is -0.494. The van der Waals surface area contributed by atoms with Crippen molar-refractivity contribution in [3.05, 3.63) is 53.6 Å². The van der Waals surface area contributed by atoms with E-state index in [1.807, 2.05) is 38.1 Å². The zero-order chi connectivity index (χ0) is 20.1. The van der Waals surface area contributed by atoms with E-state index in [0.29, 0.717) is 42.9 Å². The molecule has 1 aliphatic rings. The van der Waals surface area contributed by atoms with Gasteiger partial charge >= 0.3 is 0 Å². The molecule has 2 aromatic carbocycles. The quantitative estimate of drug-likeness (QED) is 0.700. The number of amides is 1. The molecule has 0 spiro atoms. The highest BCUT2D eigenvalue weighted by atomic mass is 16.5. The van der Waals surface area contributed by atoms with Crippen LogP contribution in [0.5, 0.6) is 11.5 Å². The summed E-state index contributed by atoms with van der Waals surface area (Å²) in [7, 11) is 0. The van der Waals surface area contributed by atoms with Gasteiger partial charge in [0.1, 0.15) is 17.1 Å². The maximum absolute atomic E-state index is 12.3. The van der Waals surface area contributed by atoms with E-state index < -0.39 is 5.60 Å². The number of carbonyl (C=O) groups is 2. The molecule has 0 aromatic heterocycles. The van der Waals surface area contributed by atoms with Gasteiger partial charge in [-0.15, -0.1) is 0 Å². The summed E-state index contributed by atoms with van der Waals surface area (Å²) in [5.41, 5.74) is 1.91. The first-order valence-corrected chi connectivity index (χ1v) is 9.74. The number of ether oxygens (including phenoxy) is 2. The molecule has 0 fully saturated rings. The average molecular weight is 381 g/mol. The third kappa shape index (κ3) is 5.12. The van der Waals surface area contributed by atoms with E-state index >= 15 is 0 Å². The van der Waals surface area contributed by atoms with Crippen LogP contribution in [0.25, 0.3) is 0 Å². The number of hydrogen-bond acceptors (Lipinski definition) is 4. The summed E-state index contributed by atoms with van der Waals surface area (Å²) in [6.45, 7) is 6.37. The number of carbonyl (C=O) groups excluding carboxylic acids is 2. The number of Topliss-reactive ketones (excluding diaryl/α,β-unsaturated/α-hetero) is 1.